The number of aromatic nitrogens is 3. The maximum Gasteiger partial charge on any atom is 0.137 e. The van der Waals surface area contributed by atoms with E-state index < -0.39 is 5.60 Å². The van der Waals surface area contributed by atoms with Gasteiger partial charge in [-0.15, -0.1) is 0 Å². The summed E-state index contributed by atoms with van der Waals surface area (Å²) in [5, 5.41) is 15.4. The van der Waals surface area contributed by atoms with Crippen LogP contribution >= 0.6 is 0 Å². The number of rotatable bonds is 13. The maximum atomic E-state index is 13.3. The lowest BCUT2D eigenvalue weighted by molar-refractivity contribution is 0.00370. The van der Waals surface area contributed by atoms with E-state index in [4.69, 9.17) is 0 Å². The number of hydrogen-bond donors (Lipinski definition) is 1. The van der Waals surface area contributed by atoms with E-state index >= 15 is 0 Å². The van der Waals surface area contributed by atoms with Crippen LogP contribution in [0.1, 0.15) is 90.5 Å². The van der Waals surface area contributed by atoms with E-state index in [1.165, 1.54) is 63.4 Å². The summed E-state index contributed by atoms with van der Waals surface area (Å²) >= 11 is 0. The largest absolute Gasteiger partial charge is 0.383 e. The molecule has 0 spiro atoms. The van der Waals surface area contributed by atoms with Gasteiger partial charge < -0.3 is 5.11 Å². The van der Waals surface area contributed by atoms with Gasteiger partial charge >= 0.3 is 0 Å². The van der Waals surface area contributed by atoms with E-state index in [0.29, 0.717) is 18.4 Å². The van der Waals surface area contributed by atoms with Gasteiger partial charge in [-0.05, 0) is 36.0 Å². The van der Waals surface area contributed by atoms with Gasteiger partial charge in [0.05, 0.1) is 6.54 Å². The van der Waals surface area contributed by atoms with Crippen LogP contribution in [0.5, 0.6) is 0 Å². The Balaban J connectivity index is 1.71. The predicted molar refractivity (Wildman–Crippen MR) is 116 cm³/mol. The summed E-state index contributed by atoms with van der Waals surface area (Å²) in [5.41, 5.74) is 0.121. The zero-order valence-corrected chi connectivity index (χ0v) is 18.4. The topological polar surface area (TPSA) is 50.9 Å². The quantitative estimate of drug-likeness (QED) is 0.402. The first kappa shape index (κ1) is 23.5. The monoisotopic (exact) mass is 403 g/mol. The number of halogens is 1. The molecule has 0 bridgehead atoms. The summed E-state index contributed by atoms with van der Waals surface area (Å²) < 4.78 is 14.9. The van der Waals surface area contributed by atoms with Crippen molar-refractivity contribution in [1.29, 1.82) is 0 Å². The Morgan fingerprint density at radius 3 is 1.93 bits per heavy atom. The van der Waals surface area contributed by atoms with E-state index in [0.717, 1.165) is 18.4 Å². The average Bonchev–Trinajstić information content (AvgIpc) is 3.15. The Bertz CT molecular complexity index is 679. The average molecular weight is 404 g/mol. The van der Waals surface area contributed by atoms with Crippen LogP contribution < -0.4 is 0 Å². The molecular weight excluding hydrogens is 365 g/mol. The highest BCUT2D eigenvalue weighted by atomic mass is 19.1. The van der Waals surface area contributed by atoms with Gasteiger partial charge in [0.1, 0.15) is 24.1 Å². The highest BCUT2D eigenvalue weighted by Gasteiger charge is 2.29. The molecule has 29 heavy (non-hydrogen) atoms. The smallest absolute Gasteiger partial charge is 0.137 e. The molecule has 2 rings (SSSR count). The van der Waals surface area contributed by atoms with Crippen molar-refractivity contribution in [2.45, 2.75) is 97.1 Å². The minimum absolute atomic E-state index is 0.292. The third kappa shape index (κ3) is 9.07. The summed E-state index contributed by atoms with van der Waals surface area (Å²) in [6.45, 7) is 7.25. The van der Waals surface area contributed by atoms with Crippen molar-refractivity contribution < 1.29 is 9.50 Å². The van der Waals surface area contributed by atoms with Crippen molar-refractivity contribution in [2.24, 2.45) is 5.41 Å². The van der Waals surface area contributed by atoms with Crippen molar-refractivity contribution in [2.75, 3.05) is 0 Å². The zero-order valence-electron chi connectivity index (χ0n) is 18.4. The number of nitrogens with zero attached hydrogens (tertiary/aromatic N) is 3. The fraction of sp³-hybridized carbons (Fsp3) is 0.667. The highest BCUT2D eigenvalue weighted by molar-refractivity contribution is 5.23. The predicted octanol–water partition coefficient (Wildman–Crippen LogP) is 6.25. The van der Waals surface area contributed by atoms with Crippen LogP contribution in [-0.2, 0) is 12.1 Å². The molecule has 5 heteroatoms. The molecule has 4 nitrogen and oxygen atoms in total. The first-order chi connectivity index (χ1) is 13.8. The Hall–Kier alpha value is -1.75. The second-order valence-electron chi connectivity index (χ2n) is 9.52. The van der Waals surface area contributed by atoms with Crippen molar-refractivity contribution in [3.8, 4) is 0 Å². The fourth-order valence-electron chi connectivity index (χ4n) is 3.79. The molecule has 1 atom stereocenters. The normalized spacial score (nSPS) is 14.1. The summed E-state index contributed by atoms with van der Waals surface area (Å²) in [6.07, 6.45) is 14.8. The van der Waals surface area contributed by atoms with E-state index in [9.17, 15) is 9.50 Å². The molecule has 1 aromatic carbocycles. The molecule has 0 saturated carbocycles. The Morgan fingerprint density at radius 1 is 0.862 bits per heavy atom. The Morgan fingerprint density at radius 2 is 1.41 bits per heavy atom. The third-order valence-corrected chi connectivity index (χ3v) is 5.54. The minimum atomic E-state index is -1.06. The van der Waals surface area contributed by atoms with Crippen molar-refractivity contribution in [3.05, 3.63) is 48.3 Å². The number of aliphatic hydroxyl groups is 1. The van der Waals surface area contributed by atoms with Crippen molar-refractivity contribution in [1.82, 2.24) is 14.8 Å². The van der Waals surface area contributed by atoms with Crippen LogP contribution in [0.3, 0.4) is 0 Å². The minimum Gasteiger partial charge on any atom is -0.383 e. The number of benzene rings is 1. The lowest BCUT2D eigenvalue weighted by Crippen LogP contribution is -2.32. The molecular formula is C24H38FN3O. The van der Waals surface area contributed by atoms with Crippen molar-refractivity contribution in [3.63, 3.8) is 0 Å². The molecule has 0 fully saturated rings. The summed E-state index contributed by atoms with van der Waals surface area (Å²) in [6, 6.07) is 6.15. The molecule has 1 heterocycles. The van der Waals surface area contributed by atoms with Gasteiger partial charge in [0.15, 0.2) is 0 Å². The van der Waals surface area contributed by atoms with Crippen LogP contribution in [-0.4, -0.2) is 19.9 Å². The molecule has 1 aromatic heterocycles. The van der Waals surface area contributed by atoms with Crippen LogP contribution in [0.4, 0.5) is 4.39 Å². The van der Waals surface area contributed by atoms with Gasteiger partial charge in [0.2, 0.25) is 0 Å². The second-order valence-corrected chi connectivity index (χ2v) is 9.52. The molecule has 0 aliphatic heterocycles. The molecule has 0 saturated heterocycles. The van der Waals surface area contributed by atoms with Gasteiger partial charge in [-0.1, -0.05) is 84.3 Å². The number of unbranched alkanes of at least 4 members (excludes halogenated alkanes) is 7. The Kier molecular flexibility index (Phi) is 9.28. The summed E-state index contributed by atoms with van der Waals surface area (Å²) in [5.74, 6) is -0.292. The fourth-order valence-corrected chi connectivity index (χ4v) is 3.79. The molecule has 0 aliphatic rings. The van der Waals surface area contributed by atoms with Gasteiger partial charge in [-0.25, -0.2) is 14.1 Å². The van der Waals surface area contributed by atoms with Crippen LogP contribution in [0, 0.1) is 11.2 Å². The molecule has 0 radical (unpaired) electrons. The van der Waals surface area contributed by atoms with Crippen LogP contribution in [0.25, 0.3) is 0 Å². The van der Waals surface area contributed by atoms with E-state index in [-0.39, 0.29) is 5.82 Å². The SMILES string of the molecule is CC(C)(C)CCCCCCCCCCC(O)(Cn1cncn1)c1ccc(F)cc1. The summed E-state index contributed by atoms with van der Waals surface area (Å²) in [7, 11) is 0. The van der Waals surface area contributed by atoms with Gasteiger partial charge in [0, 0.05) is 0 Å². The molecule has 1 N–H and O–H groups in total. The zero-order chi connectivity index (χ0) is 21.2. The second kappa shape index (κ2) is 11.4. The maximum absolute atomic E-state index is 13.3. The van der Waals surface area contributed by atoms with Gasteiger partial charge in [-0.2, -0.15) is 5.10 Å². The molecule has 0 aliphatic carbocycles. The van der Waals surface area contributed by atoms with E-state index in [2.05, 4.69) is 30.9 Å². The molecule has 162 valence electrons. The van der Waals surface area contributed by atoms with Crippen LogP contribution in [0.15, 0.2) is 36.9 Å². The van der Waals surface area contributed by atoms with E-state index in [1.807, 2.05) is 0 Å². The van der Waals surface area contributed by atoms with E-state index in [1.54, 1.807) is 23.1 Å². The lowest BCUT2D eigenvalue weighted by atomic mass is 9.87. The first-order valence-electron chi connectivity index (χ1n) is 11.1. The van der Waals surface area contributed by atoms with Gasteiger partial charge in [0.25, 0.3) is 0 Å². The Labute approximate surface area is 175 Å². The highest BCUT2D eigenvalue weighted by Crippen LogP contribution is 2.30. The van der Waals surface area contributed by atoms with Crippen molar-refractivity contribution >= 4 is 0 Å². The molecule has 1 unspecified atom stereocenters. The lowest BCUT2D eigenvalue weighted by Gasteiger charge is -2.28. The molecule has 0 amide bonds. The van der Waals surface area contributed by atoms with Gasteiger partial charge in [-0.3, -0.25) is 0 Å². The molecule has 2 aromatic rings. The first-order valence-corrected chi connectivity index (χ1v) is 11.1. The van der Waals surface area contributed by atoms with Crippen LogP contribution in [0.2, 0.25) is 0 Å². The summed E-state index contributed by atoms with van der Waals surface area (Å²) in [4.78, 5) is 3.96. The third-order valence-electron chi connectivity index (χ3n) is 5.54. The standard InChI is InChI=1S/C24H38FN3O/c1-23(2,3)16-10-8-6-4-5-7-9-11-17-24(29,18-28-20-26-19-27-28)21-12-14-22(25)15-13-21/h12-15,19-20,29H,4-11,16-18H2,1-3H3. The number of hydrogen-bond acceptors (Lipinski definition) is 3.